The van der Waals surface area contributed by atoms with Crippen molar-refractivity contribution in [2.24, 2.45) is 0 Å². The minimum atomic E-state index is 0.103. The van der Waals surface area contributed by atoms with E-state index in [0.717, 1.165) is 44.3 Å². The maximum Gasteiger partial charge on any atom is 0.170 e. The molecule has 0 bridgehead atoms. The molecule has 0 radical (unpaired) electrons. The van der Waals surface area contributed by atoms with Crippen LogP contribution in [0.15, 0.2) is 65.1 Å². The Morgan fingerprint density at radius 3 is 2.63 bits per heavy atom. The van der Waals surface area contributed by atoms with Gasteiger partial charge in [0.15, 0.2) is 11.2 Å². The highest BCUT2D eigenvalue weighted by Gasteiger charge is 2.15. The first-order valence-electron chi connectivity index (χ1n) is 9.73. The van der Waals surface area contributed by atoms with Crippen LogP contribution in [-0.2, 0) is 0 Å². The van der Waals surface area contributed by atoms with Crippen LogP contribution in [-0.4, -0.2) is 17.2 Å². The van der Waals surface area contributed by atoms with Gasteiger partial charge in [-0.2, -0.15) is 0 Å². The summed E-state index contributed by atoms with van der Waals surface area (Å²) in [7, 11) is 1.65. The number of hydrogen-bond acceptors (Lipinski definition) is 3. The van der Waals surface area contributed by atoms with Crippen LogP contribution in [0.4, 0.5) is 0 Å². The van der Waals surface area contributed by atoms with Gasteiger partial charge in [-0.1, -0.05) is 43.0 Å². The zero-order chi connectivity index (χ0) is 20.8. The molecule has 0 amide bonds. The third-order valence-corrected chi connectivity index (χ3v) is 5.40. The molecule has 2 aromatic heterocycles. The molecule has 0 saturated heterocycles. The minimum Gasteiger partial charge on any atom is -0.504 e. The SMILES string of the molecule is C=c1cc(C)cc2o/c(=C\c3c(-c4ccccc4)[nH]c4ccc(OC)cc34)c(O)c12. The molecule has 4 heteroatoms. The molecule has 5 aromatic rings. The van der Waals surface area contributed by atoms with Crippen LogP contribution in [0, 0.1) is 6.92 Å². The predicted octanol–water partition coefficient (Wildman–Crippen LogP) is 4.84. The minimum absolute atomic E-state index is 0.103. The first-order chi connectivity index (χ1) is 14.5. The summed E-state index contributed by atoms with van der Waals surface area (Å²) in [5.74, 6) is 0.867. The number of nitrogens with one attached hydrogen (secondary N) is 1. The number of hydrogen-bond donors (Lipinski definition) is 2. The van der Waals surface area contributed by atoms with Gasteiger partial charge in [-0.05, 0) is 53.6 Å². The maximum absolute atomic E-state index is 10.9. The van der Waals surface area contributed by atoms with Gasteiger partial charge in [0.05, 0.1) is 18.2 Å². The van der Waals surface area contributed by atoms with Crippen molar-refractivity contribution in [2.75, 3.05) is 7.11 Å². The number of ether oxygens (including phenoxy) is 1. The Labute approximate surface area is 173 Å². The molecule has 0 unspecified atom stereocenters. The molecule has 0 aliphatic carbocycles. The number of H-pyrrole nitrogens is 1. The Morgan fingerprint density at radius 1 is 1.07 bits per heavy atom. The van der Waals surface area contributed by atoms with E-state index in [2.05, 4.69) is 23.7 Å². The highest BCUT2D eigenvalue weighted by molar-refractivity contribution is 5.98. The van der Waals surface area contributed by atoms with Crippen LogP contribution in [0.2, 0.25) is 0 Å². The lowest BCUT2D eigenvalue weighted by Crippen LogP contribution is -2.00. The van der Waals surface area contributed by atoms with E-state index in [1.807, 2.05) is 61.5 Å². The molecular weight excluding hydrogens is 374 g/mol. The molecule has 0 aliphatic rings. The van der Waals surface area contributed by atoms with Crippen molar-refractivity contribution in [3.05, 3.63) is 82.4 Å². The molecule has 0 spiro atoms. The smallest absolute Gasteiger partial charge is 0.170 e. The molecule has 0 aliphatic heterocycles. The summed E-state index contributed by atoms with van der Waals surface area (Å²) in [6, 6.07) is 19.8. The monoisotopic (exact) mass is 395 g/mol. The standard InChI is InChI=1S/C26H21NO3/c1-15-11-16(2)24-22(12-15)30-23(26(24)28)14-20-19-13-18(29-3)9-10-21(19)27-25(20)17-7-5-4-6-8-17/h4-14,27-28H,2H2,1,3H3/b23-14-. The van der Waals surface area contributed by atoms with Crippen LogP contribution in [0.1, 0.15) is 11.1 Å². The van der Waals surface area contributed by atoms with E-state index in [9.17, 15) is 5.11 Å². The molecule has 2 N–H and O–H groups in total. The number of rotatable bonds is 3. The third kappa shape index (κ3) is 2.85. The number of aromatic amines is 1. The van der Waals surface area contributed by atoms with Crippen LogP contribution in [0.5, 0.6) is 11.5 Å². The fourth-order valence-electron chi connectivity index (χ4n) is 4.00. The van der Waals surface area contributed by atoms with Crippen LogP contribution >= 0.6 is 0 Å². The van der Waals surface area contributed by atoms with Crippen molar-refractivity contribution in [3.8, 4) is 22.8 Å². The van der Waals surface area contributed by atoms with Crippen LogP contribution in [0.25, 0.3) is 45.8 Å². The van der Waals surface area contributed by atoms with Crippen molar-refractivity contribution in [3.63, 3.8) is 0 Å². The summed E-state index contributed by atoms with van der Waals surface area (Å²) in [5, 5.41) is 13.3. The molecule has 0 atom stereocenters. The van der Waals surface area contributed by atoms with Gasteiger partial charge in [0.2, 0.25) is 0 Å². The van der Waals surface area contributed by atoms with Crippen molar-refractivity contribution in [2.45, 2.75) is 6.92 Å². The van der Waals surface area contributed by atoms with Gasteiger partial charge >= 0.3 is 0 Å². The number of furan rings is 1. The van der Waals surface area contributed by atoms with E-state index < -0.39 is 0 Å². The molecule has 3 aromatic carbocycles. The van der Waals surface area contributed by atoms with Gasteiger partial charge in [-0.15, -0.1) is 0 Å². The molecule has 30 heavy (non-hydrogen) atoms. The zero-order valence-corrected chi connectivity index (χ0v) is 16.8. The summed E-state index contributed by atoms with van der Waals surface area (Å²) >= 11 is 0. The van der Waals surface area contributed by atoms with Gasteiger partial charge in [0, 0.05) is 16.5 Å². The number of fused-ring (bicyclic) bond motifs is 2. The lowest BCUT2D eigenvalue weighted by atomic mass is 10.0. The fourth-order valence-corrected chi connectivity index (χ4v) is 4.00. The van der Waals surface area contributed by atoms with Crippen molar-refractivity contribution in [1.82, 2.24) is 4.98 Å². The number of benzene rings is 3. The highest BCUT2D eigenvalue weighted by Crippen LogP contribution is 2.33. The largest absolute Gasteiger partial charge is 0.504 e. The highest BCUT2D eigenvalue weighted by atomic mass is 16.5. The zero-order valence-electron chi connectivity index (χ0n) is 16.8. The van der Waals surface area contributed by atoms with Crippen molar-refractivity contribution >= 4 is 34.5 Å². The van der Waals surface area contributed by atoms with E-state index in [1.165, 1.54) is 0 Å². The molecule has 148 valence electrons. The van der Waals surface area contributed by atoms with Gasteiger partial charge in [-0.3, -0.25) is 0 Å². The quantitative estimate of drug-likeness (QED) is 0.459. The Balaban J connectivity index is 1.86. The number of methoxy groups -OCH3 is 1. The van der Waals surface area contributed by atoms with Crippen LogP contribution in [0.3, 0.4) is 0 Å². The summed E-state index contributed by atoms with van der Waals surface area (Å²) in [5.41, 5.74) is 5.96. The van der Waals surface area contributed by atoms with E-state index in [-0.39, 0.29) is 5.75 Å². The number of aromatic nitrogens is 1. The first kappa shape index (κ1) is 18.1. The Hall–Kier alpha value is -3.92. The normalized spacial score (nSPS) is 12.1. The summed E-state index contributed by atoms with van der Waals surface area (Å²) < 4.78 is 11.5. The molecule has 4 nitrogen and oxygen atoms in total. The Morgan fingerprint density at radius 2 is 1.87 bits per heavy atom. The molecule has 0 saturated carbocycles. The Bertz CT molecular complexity index is 1510. The van der Waals surface area contributed by atoms with Crippen molar-refractivity contribution in [1.29, 1.82) is 0 Å². The second-order valence-corrected chi connectivity index (χ2v) is 7.45. The average Bonchev–Trinajstić information content (AvgIpc) is 3.26. The topological polar surface area (TPSA) is 58.4 Å². The van der Waals surface area contributed by atoms with Crippen LogP contribution < -0.4 is 15.4 Å². The maximum atomic E-state index is 10.9. The summed E-state index contributed by atoms with van der Waals surface area (Å²) in [6.07, 6.45) is 1.88. The summed E-state index contributed by atoms with van der Waals surface area (Å²) in [6.45, 7) is 6.04. The second-order valence-electron chi connectivity index (χ2n) is 7.45. The van der Waals surface area contributed by atoms with E-state index in [0.29, 0.717) is 16.4 Å². The predicted molar refractivity (Wildman–Crippen MR) is 121 cm³/mol. The molecular formula is C26H21NO3. The van der Waals surface area contributed by atoms with Gasteiger partial charge in [0.1, 0.15) is 11.3 Å². The summed E-state index contributed by atoms with van der Waals surface area (Å²) in [4.78, 5) is 3.50. The third-order valence-electron chi connectivity index (χ3n) is 5.40. The molecule has 2 heterocycles. The Kier molecular flexibility index (Phi) is 4.14. The lowest BCUT2D eigenvalue weighted by molar-refractivity contribution is 0.415. The van der Waals surface area contributed by atoms with E-state index >= 15 is 0 Å². The molecule has 0 fully saturated rings. The van der Waals surface area contributed by atoms with Gasteiger partial charge in [-0.25, -0.2) is 0 Å². The van der Waals surface area contributed by atoms with Crippen molar-refractivity contribution < 1.29 is 14.3 Å². The molecule has 5 rings (SSSR count). The lowest BCUT2D eigenvalue weighted by Gasteiger charge is -2.01. The fraction of sp³-hybridized carbons (Fsp3) is 0.0769. The van der Waals surface area contributed by atoms with Gasteiger partial charge in [0.25, 0.3) is 0 Å². The van der Waals surface area contributed by atoms with E-state index in [4.69, 9.17) is 9.15 Å². The van der Waals surface area contributed by atoms with Gasteiger partial charge < -0.3 is 19.2 Å². The number of aryl methyl sites for hydroxylation is 1. The first-order valence-corrected chi connectivity index (χ1v) is 9.73. The van der Waals surface area contributed by atoms with E-state index in [1.54, 1.807) is 7.11 Å². The number of aromatic hydroxyl groups is 1. The second kappa shape index (κ2) is 6.85. The average molecular weight is 395 g/mol.